The largest absolute Gasteiger partial charge is 0.491 e. The third-order valence-electron chi connectivity index (χ3n) is 5.15. The Hall–Kier alpha value is -1.89. The Morgan fingerprint density at radius 3 is 2.52 bits per heavy atom. The van der Waals surface area contributed by atoms with Gasteiger partial charge in [0.2, 0.25) is 0 Å². The normalized spacial score (nSPS) is 19.6. The van der Waals surface area contributed by atoms with Gasteiger partial charge in [-0.25, -0.2) is 0 Å². The molecule has 1 saturated heterocycles. The molecule has 1 aromatic carbocycles. The third kappa shape index (κ3) is 3.29. The molecule has 0 bridgehead atoms. The van der Waals surface area contributed by atoms with E-state index in [2.05, 4.69) is 16.4 Å². The van der Waals surface area contributed by atoms with Gasteiger partial charge >= 0.3 is 7.12 Å². The minimum atomic E-state index is -0.398. The number of aromatic nitrogens is 1. The summed E-state index contributed by atoms with van der Waals surface area (Å²) in [5.74, 6) is 0. The topological polar surface area (TPSA) is 63.4 Å². The van der Waals surface area contributed by atoms with Crippen LogP contribution in [0.2, 0.25) is 0 Å². The minimum absolute atomic E-state index is 0.375. The van der Waals surface area contributed by atoms with Crippen LogP contribution >= 0.6 is 0 Å². The molecule has 2 heterocycles. The molecule has 2 aromatic rings. The van der Waals surface area contributed by atoms with Crippen LogP contribution in [-0.2, 0) is 9.31 Å². The molecule has 25 heavy (non-hydrogen) atoms. The maximum absolute atomic E-state index is 11.2. The number of H-pyrrole nitrogens is 1. The first-order chi connectivity index (χ1) is 11.8. The van der Waals surface area contributed by atoms with Gasteiger partial charge in [-0.1, -0.05) is 12.1 Å². The van der Waals surface area contributed by atoms with E-state index in [4.69, 9.17) is 9.31 Å². The molecule has 5 nitrogen and oxygen atoms in total. The second kappa shape index (κ2) is 6.44. The van der Waals surface area contributed by atoms with Gasteiger partial charge in [-0.15, -0.1) is 0 Å². The van der Waals surface area contributed by atoms with Gasteiger partial charge in [-0.2, -0.15) is 0 Å². The van der Waals surface area contributed by atoms with Crippen molar-refractivity contribution in [3.05, 3.63) is 41.0 Å². The van der Waals surface area contributed by atoms with Gasteiger partial charge in [0, 0.05) is 29.2 Å². The maximum Gasteiger partial charge on any atom is 0.491 e. The van der Waals surface area contributed by atoms with Crippen molar-refractivity contribution in [3.63, 3.8) is 0 Å². The quantitative estimate of drug-likeness (QED) is 0.648. The standard InChI is InChI=1S/C19H25BN2O3/c1-18(2)19(3,4)25-20(24-18)15(11-21-5)8-13-6-7-17-16(9-13)14(12-23)10-22-17/h6-10,12,21-22H,11H2,1-5H3. The van der Waals surface area contributed by atoms with Gasteiger partial charge in [-0.05, 0) is 57.9 Å². The van der Waals surface area contributed by atoms with E-state index in [0.29, 0.717) is 12.1 Å². The zero-order valence-electron chi connectivity index (χ0n) is 15.5. The van der Waals surface area contributed by atoms with Crippen LogP contribution in [0.4, 0.5) is 0 Å². The third-order valence-corrected chi connectivity index (χ3v) is 5.15. The molecule has 0 aliphatic carbocycles. The number of carbonyl (C=O) groups is 1. The molecule has 0 radical (unpaired) electrons. The Labute approximate surface area is 148 Å². The van der Waals surface area contributed by atoms with Gasteiger partial charge in [0.05, 0.1) is 11.2 Å². The first-order valence-electron chi connectivity index (χ1n) is 8.54. The van der Waals surface area contributed by atoms with Gasteiger partial charge < -0.3 is 19.6 Å². The fourth-order valence-electron chi connectivity index (χ4n) is 2.96. The van der Waals surface area contributed by atoms with E-state index in [9.17, 15) is 4.79 Å². The summed E-state index contributed by atoms with van der Waals surface area (Å²) in [7, 11) is 1.50. The average Bonchev–Trinajstić information content (AvgIpc) is 3.04. The number of nitrogens with one attached hydrogen (secondary N) is 2. The van der Waals surface area contributed by atoms with E-state index < -0.39 is 7.12 Å². The highest BCUT2D eigenvalue weighted by Gasteiger charge is 2.52. The lowest BCUT2D eigenvalue weighted by molar-refractivity contribution is 0.00578. The second-order valence-electron chi connectivity index (χ2n) is 7.50. The fourth-order valence-corrected chi connectivity index (χ4v) is 2.96. The lowest BCUT2D eigenvalue weighted by atomic mass is 9.77. The van der Waals surface area contributed by atoms with E-state index in [1.54, 1.807) is 6.20 Å². The molecule has 0 unspecified atom stereocenters. The first kappa shape index (κ1) is 17.9. The van der Waals surface area contributed by atoms with Crippen LogP contribution in [0.1, 0.15) is 43.6 Å². The average molecular weight is 340 g/mol. The highest BCUT2D eigenvalue weighted by Crippen LogP contribution is 2.38. The van der Waals surface area contributed by atoms with Crippen LogP contribution in [-0.4, -0.2) is 43.2 Å². The number of aldehydes is 1. The maximum atomic E-state index is 11.2. The molecule has 0 saturated carbocycles. The summed E-state index contributed by atoms with van der Waals surface area (Å²) in [6.45, 7) is 8.85. The predicted octanol–water partition coefficient (Wildman–Crippen LogP) is 3.21. The Morgan fingerprint density at radius 2 is 1.92 bits per heavy atom. The number of likely N-dealkylation sites (N-methyl/N-ethyl adjacent to an activating group) is 1. The highest BCUT2D eigenvalue weighted by atomic mass is 16.7. The lowest BCUT2D eigenvalue weighted by Gasteiger charge is -2.32. The molecule has 1 aliphatic rings. The summed E-state index contributed by atoms with van der Waals surface area (Å²) >= 11 is 0. The number of fused-ring (bicyclic) bond motifs is 1. The first-order valence-corrected chi connectivity index (χ1v) is 8.54. The minimum Gasteiger partial charge on any atom is -0.400 e. The Kier molecular flexibility index (Phi) is 4.62. The molecule has 1 aromatic heterocycles. The molecule has 0 spiro atoms. The van der Waals surface area contributed by atoms with Gasteiger partial charge in [0.1, 0.15) is 0 Å². The number of carbonyl (C=O) groups excluding carboxylic acids is 1. The number of rotatable bonds is 5. The van der Waals surface area contributed by atoms with Crippen LogP contribution in [0.5, 0.6) is 0 Å². The smallest absolute Gasteiger partial charge is 0.400 e. The fraction of sp³-hybridized carbons (Fsp3) is 0.421. The number of hydrogen-bond acceptors (Lipinski definition) is 4. The highest BCUT2D eigenvalue weighted by molar-refractivity contribution is 6.56. The van der Waals surface area contributed by atoms with Crippen LogP contribution in [0.15, 0.2) is 29.9 Å². The molecule has 6 heteroatoms. The van der Waals surface area contributed by atoms with E-state index >= 15 is 0 Å². The molecule has 0 atom stereocenters. The van der Waals surface area contributed by atoms with Crippen molar-refractivity contribution in [2.24, 2.45) is 0 Å². The number of aromatic amines is 1. The SMILES string of the molecule is CNCC(=Cc1ccc2[nH]cc(C=O)c2c1)B1OC(C)(C)C(C)(C)O1. The monoisotopic (exact) mass is 340 g/mol. The number of benzene rings is 1. The Morgan fingerprint density at radius 1 is 1.24 bits per heavy atom. The predicted molar refractivity (Wildman–Crippen MR) is 102 cm³/mol. The molecule has 1 aliphatic heterocycles. The van der Waals surface area contributed by atoms with E-state index in [-0.39, 0.29) is 11.2 Å². The number of hydrogen-bond donors (Lipinski definition) is 2. The molecular weight excluding hydrogens is 315 g/mol. The van der Waals surface area contributed by atoms with Gasteiger partial charge in [0.15, 0.2) is 6.29 Å². The lowest BCUT2D eigenvalue weighted by Crippen LogP contribution is -2.41. The van der Waals surface area contributed by atoms with Crippen molar-refractivity contribution in [2.45, 2.75) is 38.9 Å². The molecule has 0 amide bonds. The summed E-state index contributed by atoms with van der Waals surface area (Å²) in [5.41, 5.74) is 2.89. The van der Waals surface area contributed by atoms with E-state index in [1.165, 1.54) is 0 Å². The van der Waals surface area contributed by atoms with Gasteiger partial charge in [-0.3, -0.25) is 4.79 Å². The van der Waals surface area contributed by atoms with Crippen LogP contribution in [0.3, 0.4) is 0 Å². The van der Waals surface area contributed by atoms with Crippen molar-refractivity contribution in [2.75, 3.05) is 13.6 Å². The summed E-state index contributed by atoms with van der Waals surface area (Å²) in [5, 5.41) is 4.10. The Balaban J connectivity index is 1.97. The summed E-state index contributed by atoms with van der Waals surface area (Å²) < 4.78 is 12.4. The van der Waals surface area contributed by atoms with Crippen molar-refractivity contribution < 1.29 is 14.1 Å². The van der Waals surface area contributed by atoms with Crippen molar-refractivity contribution in [1.82, 2.24) is 10.3 Å². The Bertz CT molecular complexity index is 807. The van der Waals surface area contributed by atoms with Crippen LogP contribution < -0.4 is 5.32 Å². The molecule has 3 rings (SSSR count). The van der Waals surface area contributed by atoms with Crippen LogP contribution in [0, 0.1) is 0 Å². The summed E-state index contributed by atoms with van der Waals surface area (Å²) in [4.78, 5) is 14.3. The van der Waals surface area contributed by atoms with Gasteiger partial charge in [0.25, 0.3) is 0 Å². The van der Waals surface area contributed by atoms with Crippen LogP contribution in [0.25, 0.3) is 17.0 Å². The molecular formula is C19H25BN2O3. The summed E-state index contributed by atoms with van der Waals surface area (Å²) in [6.07, 6.45) is 4.67. The summed E-state index contributed by atoms with van der Waals surface area (Å²) in [6, 6.07) is 6.01. The molecule has 132 valence electrons. The molecule has 2 N–H and O–H groups in total. The van der Waals surface area contributed by atoms with E-state index in [1.807, 2.05) is 52.9 Å². The van der Waals surface area contributed by atoms with Crippen molar-refractivity contribution >= 4 is 30.4 Å². The second-order valence-corrected chi connectivity index (χ2v) is 7.50. The van der Waals surface area contributed by atoms with E-state index in [0.717, 1.165) is 28.2 Å². The molecule has 1 fully saturated rings. The zero-order chi connectivity index (χ0) is 18.2. The van der Waals surface area contributed by atoms with Crippen molar-refractivity contribution in [3.8, 4) is 0 Å². The zero-order valence-corrected chi connectivity index (χ0v) is 15.5. The van der Waals surface area contributed by atoms with Crippen molar-refractivity contribution in [1.29, 1.82) is 0 Å².